The molecule has 1 aromatic carbocycles. The van der Waals surface area contributed by atoms with Gasteiger partial charge in [-0.25, -0.2) is 19.9 Å². The number of rotatable bonds is 1. The van der Waals surface area contributed by atoms with Gasteiger partial charge in [0.25, 0.3) is 0 Å². The number of amides is 2. The number of piperidine rings is 1. The van der Waals surface area contributed by atoms with Crippen LogP contribution in [0.1, 0.15) is 13.8 Å². The summed E-state index contributed by atoms with van der Waals surface area (Å²) < 4.78 is 1.70. The topological polar surface area (TPSA) is 50.2 Å². The Morgan fingerprint density at radius 3 is 2.75 bits per heavy atom. The van der Waals surface area contributed by atoms with E-state index in [1.807, 2.05) is 29.2 Å². The van der Waals surface area contributed by atoms with Crippen molar-refractivity contribution in [3.63, 3.8) is 0 Å². The van der Waals surface area contributed by atoms with Crippen molar-refractivity contribution in [2.75, 3.05) is 18.5 Å². The number of imidazole rings is 1. The molecule has 0 bridgehead atoms. The van der Waals surface area contributed by atoms with Crippen LogP contribution in [0.5, 0.6) is 0 Å². The Kier molecular flexibility index (Phi) is 2.20. The number of hydrogen-bond acceptors (Lipinski definition) is 2. The smallest absolute Gasteiger partial charge is 0.323 e. The van der Waals surface area contributed by atoms with E-state index in [-0.39, 0.29) is 6.03 Å². The molecular weight excluding hydrogens is 252 g/mol. The molecule has 1 aliphatic carbocycles. The average molecular weight is 270 g/mol. The van der Waals surface area contributed by atoms with Crippen LogP contribution in [0.3, 0.4) is 0 Å². The molecule has 20 heavy (non-hydrogen) atoms. The maximum Gasteiger partial charge on any atom is 0.336 e. The Morgan fingerprint density at radius 1 is 1.30 bits per heavy atom. The van der Waals surface area contributed by atoms with Gasteiger partial charge in [-0.1, -0.05) is 26.0 Å². The van der Waals surface area contributed by atoms with E-state index in [0.717, 1.165) is 24.1 Å². The second kappa shape index (κ2) is 3.75. The van der Waals surface area contributed by atoms with Gasteiger partial charge in [-0.3, -0.25) is 0 Å². The van der Waals surface area contributed by atoms with Crippen molar-refractivity contribution >= 4 is 17.1 Å². The van der Waals surface area contributed by atoms with Crippen LogP contribution < -0.4 is 5.43 Å². The lowest BCUT2D eigenvalue weighted by Crippen LogP contribution is -2.39. The number of nitrogens with zero attached hydrogens (tertiary/aromatic N) is 3. The third-order valence-corrected chi connectivity index (χ3v) is 5.08. The van der Waals surface area contributed by atoms with E-state index in [2.05, 4.69) is 24.3 Å². The van der Waals surface area contributed by atoms with Crippen LogP contribution in [-0.4, -0.2) is 33.7 Å². The minimum atomic E-state index is -0.0313. The number of aromatic nitrogens is 2. The van der Waals surface area contributed by atoms with Crippen molar-refractivity contribution in [1.29, 1.82) is 0 Å². The molecule has 2 fully saturated rings. The van der Waals surface area contributed by atoms with Crippen molar-refractivity contribution in [2.45, 2.75) is 13.8 Å². The van der Waals surface area contributed by atoms with Crippen molar-refractivity contribution in [3.05, 3.63) is 30.6 Å². The third kappa shape index (κ3) is 1.55. The Hall–Kier alpha value is -2.04. The van der Waals surface area contributed by atoms with Gasteiger partial charge in [-0.05, 0) is 29.4 Å². The highest BCUT2D eigenvalue weighted by Gasteiger charge is 2.62. The second-order valence-corrected chi connectivity index (χ2v) is 6.46. The third-order valence-electron chi connectivity index (χ3n) is 5.08. The number of carbonyl (C=O) groups excluding carboxylic acids is 1. The number of urea groups is 1. The minimum Gasteiger partial charge on any atom is -0.323 e. The SMILES string of the molecule is CC1(C)[C@@H]2CN(C(=O)Nn3cnc4ccccc43)C[C@@H]21. The molecule has 0 spiro atoms. The normalized spacial score (nSPS) is 26.6. The molecule has 2 aromatic rings. The summed E-state index contributed by atoms with van der Waals surface area (Å²) in [5.74, 6) is 1.35. The lowest BCUT2D eigenvalue weighted by atomic mass is 10.1. The van der Waals surface area contributed by atoms with E-state index < -0.39 is 0 Å². The van der Waals surface area contributed by atoms with Gasteiger partial charge in [0, 0.05) is 13.1 Å². The predicted octanol–water partition coefficient (Wildman–Crippen LogP) is 2.29. The van der Waals surface area contributed by atoms with Gasteiger partial charge in [0.2, 0.25) is 0 Å². The highest BCUT2D eigenvalue weighted by Crippen LogP contribution is 2.61. The summed E-state index contributed by atoms with van der Waals surface area (Å²) in [6, 6.07) is 7.74. The number of para-hydroxylation sites is 2. The lowest BCUT2D eigenvalue weighted by molar-refractivity contribution is 0.207. The quantitative estimate of drug-likeness (QED) is 0.864. The van der Waals surface area contributed by atoms with Crippen molar-refractivity contribution in [2.24, 2.45) is 17.3 Å². The molecule has 2 aliphatic rings. The largest absolute Gasteiger partial charge is 0.336 e. The summed E-state index contributed by atoms with van der Waals surface area (Å²) in [6.07, 6.45) is 1.66. The first kappa shape index (κ1) is 11.8. The first-order chi connectivity index (χ1) is 9.57. The van der Waals surface area contributed by atoms with Crippen LogP contribution in [0.15, 0.2) is 30.6 Å². The average Bonchev–Trinajstić information content (AvgIpc) is 2.87. The van der Waals surface area contributed by atoms with Crippen LogP contribution in [0.4, 0.5) is 4.79 Å². The molecule has 1 aliphatic heterocycles. The zero-order valence-corrected chi connectivity index (χ0v) is 11.7. The predicted molar refractivity (Wildman–Crippen MR) is 76.8 cm³/mol. The van der Waals surface area contributed by atoms with Gasteiger partial charge in [0.15, 0.2) is 0 Å². The van der Waals surface area contributed by atoms with E-state index in [0.29, 0.717) is 17.3 Å². The first-order valence-electron chi connectivity index (χ1n) is 7.05. The molecule has 1 aromatic heterocycles. The Morgan fingerprint density at radius 2 is 2.00 bits per heavy atom. The molecule has 2 heterocycles. The molecule has 5 nitrogen and oxygen atoms in total. The molecule has 104 valence electrons. The standard InChI is InChI=1S/C15H18N4O/c1-15(2)10-7-18(8-11(10)15)14(20)17-19-9-16-12-5-3-4-6-13(12)19/h3-6,9-11H,7-8H2,1-2H3,(H,17,20)/t10-,11+. The van der Waals surface area contributed by atoms with Gasteiger partial charge >= 0.3 is 6.03 Å². The molecule has 0 unspecified atom stereocenters. The lowest BCUT2D eigenvalue weighted by Gasteiger charge is -2.22. The van der Waals surface area contributed by atoms with Gasteiger partial charge in [-0.2, -0.15) is 0 Å². The zero-order valence-electron chi connectivity index (χ0n) is 11.7. The number of hydrogen-bond donors (Lipinski definition) is 1. The van der Waals surface area contributed by atoms with E-state index in [1.54, 1.807) is 11.0 Å². The van der Waals surface area contributed by atoms with Gasteiger partial charge in [0.05, 0.1) is 11.0 Å². The summed E-state index contributed by atoms with van der Waals surface area (Å²) in [6.45, 7) is 6.33. The summed E-state index contributed by atoms with van der Waals surface area (Å²) in [5, 5.41) is 0. The van der Waals surface area contributed by atoms with Crippen LogP contribution >= 0.6 is 0 Å². The maximum absolute atomic E-state index is 12.3. The number of nitrogens with one attached hydrogen (secondary N) is 1. The van der Waals surface area contributed by atoms with Crippen LogP contribution in [0.25, 0.3) is 11.0 Å². The van der Waals surface area contributed by atoms with E-state index in [9.17, 15) is 4.79 Å². The molecule has 4 rings (SSSR count). The molecule has 1 saturated heterocycles. The summed E-state index contributed by atoms with van der Waals surface area (Å²) in [5.41, 5.74) is 5.15. The van der Waals surface area contributed by atoms with E-state index in [4.69, 9.17) is 0 Å². The molecular formula is C15H18N4O. The second-order valence-electron chi connectivity index (χ2n) is 6.46. The Labute approximate surface area is 117 Å². The Bertz CT molecular complexity index is 676. The molecule has 0 radical (unpaired) electrons. The monoisotopic (exact) mass is 270 g/mol. The number of likely N-dealkylation sites (tertiary alicyclic amines) is 1. The van der Waals surface area contributed by atoms with E-state index in [1.165, 1.54) is 0 Å². The number of carbonyl (C=O) groups is 1. The molecule has 5 heteroatoms. The molecule has 1 saturated carbocycles. The summed E-state index contributed by atoms with van der Waals surface area (Å²) in [7, 11) is 0. The van der Waals surface area contributed by atoms with Crippen LogP contribution in [-0.2, 0) is 0 Å². The highest BCUT2D eigenvalue weighted by molar-refractivity contribution is 5.85. The maximum atomic E-state index is 12.3. The molecule has 2 atom stereocenters. The van der Waals surface area contributed by atoms with Crippen molar-refractivity contribution in [3.8, 4) is 0 Å². The van der Waals surface area contributed by atoms with Gasteiger partial charge < -0.3 is 4.90 Å². The van der Waals surface area contributed by atoms with Gasteiger partial charge in [0.1, 0.15) is 6.33 Å². The summed E-state index contributed by atoms with van der Waals surface area (Å²) in [4.78, 5) is 18.5. The minimum absolute atomic E-state index is 0.0313. The van der Waals surface area contributed by atoms with E-state index >= 15 is 0 Å². The fourth-order valence-corrected chi connectivity index (χ4v) is 3.52. The van der Waals surface area contributed by atoms with Crippen molar-refractivity contribution < 1.29 is 4.79 Å². The Balaban J connectivity index is 1.49. The highest BCUT2D eigenvalue weighted by atomic mass is 16.2. The fourth-order valence-electron chi connectivity index (χ4n) is 3.52. The van der Waals surface area contributed by atoms with Crippen molar-refractivity contribution in [1.82, 2.24) is 14.6 Å². The molecule has 1 N–H and O–H groups in total. The first-order valence-corrected chi connectivity index (χ1v) is 7.05. The number of fused-ring (bicyclic) bond motifs is 2. The summed E-state index contributed by atoms with van der Waals surface area (Å²) >= 11 is 0. The fraction of sp³-hybridized carbons (Fsp3) is 0.467. The molecule has 2 amide bonds. The zero-order chi connectivity index (χ0) is 13.9. The van der Waals surface area contributed by atoms with Crippen LogP contribution in [0.2, 0.25) is 0 Å². The van der Waals surface area contributed by atoms with Crippen LogP contribution in [0, 0.1) is 17.3 Å². The van der Waals surface area contributed by atoms with Gasteiger partial charge in [-0.15, -0.1) is 0 Å². The number of benzene rings is 1.